The van der Waals surface area contributed by atoms with Gasteiger partial charge in [0.2, 0.25) is 0 Å². The van der Waals surface area contributed by atoms with E-state index in [0.717, 1.165) is 18.4 Å². The summed E-state index contributed by atoms with van der Waals surface area (Å²) in [6, 6.07) is 7.15. The van der Waals surface area contributed by atoms with Crippen molar-refractivity contribution in [2.75, 3.05) is 6.61 Å². The lowest BCUT2D eigenvalue weighted by Crippen LogP contribution is -2.60. The van der Waals surface area contributed by atoms with Gasteiger partial charge in [0.15, 0.2) is 5.54 Å². The maximum Gasteiger partial charge on any atom is 0.327 e. The van der Waals surface area contributed by atoms with Crippen molar-refractivity contribution in [3.05, 3.63) is 29.8 Å². The van der Waals surface area contributed by atoms with Crippen LogP contribution in [0.5, 0.6) is 5.75 Å². The molecule has 3 N–H and O–H groups in total. The number of ether oxygens (including phenoxy) is 1. The number of nitrogens with one attached hydrogen (secondary N) is 1. The number of aliphatic carboxylic acids is 1. The summed E-state index contributed by atoms with van der Waals surface area (Å²) in [4.78, 5) is 11.8. The summed E-state index contributed by atoms with van der Waals surface area (Å²) in [6.45, 7) is 3.90. The Labute approximate surface area is 124 Å². The highest BCUT2D eigenvalue weighted by Crippen LogP contribution is 2.40. The number of hydrogen-bond acceptors (Lipinski definition) is 4. The molecule has 1 aliphatic rings. The number of carboxylic acid groups (broad SMARTS) is 1. The Morgan fingerprint density at radius 2 is 2.19 bits per heavy atom. The van der Waals surface area contributed by atoms with Gasteiger partial charge in [0.1, 0.15) is 12.4 Å². The van der Waals surface area contributed by atoms with Crippen molar-refractivity contribution in [3.8, 4) is 5.75 Å². The lowest BCUT2D eigenvalue weighted by atomic mass is 9.93. The molecule has 21 heavy (non-hydrogen) atoms. The van der Waals surface area contributed by atoms with Crippen molar-refractivity contribution in [2.45, 2.75) is 44.9 Å². The molecule has 1 aromatic rings. The average molecular weight is 293 g/mol. The molecule has 0 heterocycles. The second-order valence-corrected chi connectivity index (χ2v) is 5.94. The summed E-state index contributed by atoms with van der Waals surface area (Å²) >= 11 is 0. The van der Waals surface area contributed by atoms with Crippen LogP contribution in [-0.4, -0.2) is 34.4 Å². The normalized spacial score (nSPS) is 17.5. The van der Waals surface area contributed by atoms with E-state index in [1.165, 1.54) is 0 Å². The number of rotatable bonds is 8. The van der Waals surface area contributed by atoms with E-state index < -0.39 is 11.5 Å². The number of benzene rings is 1. The first kappa shape index (κ1) is 15.8. The number of aliphatic hydroxyl groups excluding tert-OH is 1. The van der Waals surface area contributed by atoms with Crippen LogP contribution in [0.4, 0.5) is 0 Å². The molecule has 0 amide bonds. The Balaban J connectivity index is 2.13. The van der Waals surface area contributed by atoms with Crippen LogP contribution >= 0.6 is 0 Å². The maximum absolute atomic E-state index is 11.8. The zero-order valence-electron chi connectivity index (χ0n) is 12.5. The van der Waals surface area contributed by atoms with Gasteiger partial charge in [-0.25, -0.2) is 0 Å². The van der Waals surface area contributed by atoms with Crippen LogP contribution in [0.3, 0.4) is 0 Å². The van der Waals surface area contributed by atoms with Gasteiger partial charge in [-0.1, -0.05) is 12.1 Å². The summed E-state index contributed by atoms with van der Waals surface area (Å²) < 4.78 is 5.72. The van der Waals surface area contributed by atoms with Gasteiger partial charge in [-0.2, -0.15) is 0 Å². The van der Waals surface area contributed by atoms with Gasteiger partial charge in [-0.05, 0) is 50.3 Å². The predicted octanol–water partition coefficient (Wildman–Crippen LogP) is 1.79. The molecule has 1 fully saturated rings. The monoisotopic (exact) mass is 293 g/mol. The van der Waals surface area contributed by atoms with E-state index in [2.05, 4.69) is 5.32 Å². The number of carboxylic acids is 1. The minimum Gasteiger partial charge on any atom is -0.491 e. The molecule has 1 unspecified atom stereocenters. The lowest BCUT2D eigenvalue weighted by Gasteiger charge is -2.32. The fraction of sp³-hybridized carbons (Fsp3) is 0.562. The van der Waals surface area contributed by atoms with Crippen molar-refractivity contribution in [1.82, 2.24) is 5.32 Å². The zero-order chi connectivity index (χ0) is 15.5. The highest BCUT2D eigenvalue weighted by Gasteiger charge is 2.52. The Bertz CT molecular complexity index is 499. The molecule has 1 atom stereocenters. The third-order valence-electron chi connectivity index (χ3n) is 3.75. The van der Waals surface area contributed by atoms with Crippen molar-refractivity contribution >= 4 is 5.97 Å². The largest absolute Gasteiger partial charge is 0.491 e. The molecule has 0 aliphatic heterocycles. The molecule has 1 saturated carbocycles. The second kappa shape index (κ2) is 6.45. The van der Waals surface area contributed by atoms with Crippen molar-refractivity contribution in [1.29, 1.82) is 0 Å². The first-order valence-electron chi connectivity index (χ1n) is 7.31. The first-order chi connectivity index (χ1) is 9.98. The summed E-state index contributed by atoms with van der Waals surface area (Å²) in [5.74, 6) is -0.172. The van der Waals surface area contributed by atoms with Gasteiger partial charge in [0.05, 0.1) is 6.61 Å². The minimum atomic E-state index is -1.04. The molecule has 5 nitrogen and oxygen atoms in total. The van der Waals surface area contributed by atoms with Crippen LogP contribution in [0, 0.1) is 5.92 Å². The second-order valence-electron chi connectivity index (χ2n) is 5.94. The molecule has 116 valence electrons. The van der Waals surface area contributed by atoms with Crippen LogP contribution in [0.1, 0.15) is 32.3 Å². The number of hydrogen-bond donors (Lipinski definition) is 3. The first-order valence-corrected chi connectivity index (χ1v) is 7.31. The van der Waals surface area contributed by atoms with Gasteiger partial charge in [-0.15, -0.1) is 0 Å². The van der Waals surface area contributed by atoms with E-state index in [9.17, 15) is 9.90 Å². The molecular weight excluding hydrogens is 270 g/mol. The van der Waals surface area contributed by atoms with Gasteiger partial charge in [0.25, 0.3) is 0 Å². The maximum atomic E-state index is 11.8. The summed E-state index contributed by atoms with van der Waals surface area (Å²) in [5, 5.41) is 22.0. The van der Waals surface area contributed by atoms with Crippen LogP contribution in [-0.2, 0) is 11.4 Å². The Morgan fingerprint density at radius 3 is 2.71 bits per heavy atom. The minimum absolute atomic E-state index is 0.0614. The topological polar surface area (TPSA) is 78.8 Å². The molecule has 0 saturated heterocycles. The quantitative estimate of drug-likeness (QED) is 0.681. The molecule has 2 rings (SSSR count). The Kier molecular flexibility index (Phi) is 4.85. The van der Waals surface area contributed by atoms with Gasteiger partial charge in [0, 0.05) is 6.04 Å². The summed E-state index contributed by atoms with van der Waals surface area (Å²) in [7, 11) is 0. The van der Waals surface area contributed by atoms with Crippen molar-refractivity contribution in [2.24, 2.45) is 5.92 Å². The standard InChI is InChI=1S/C16H23NO4/c1-11(2)17-16(15(19)20,13-6-7-13)10-21-14-5-3-4-12(8-14)9-18/h3-5,8,11,13,17-18H,6-7,9-10H2,1-2H3,(H,19,20). The fourth-order valence-corrected chi connectivity index (χ4v) is 2.60. The number of carbonyl (C=O) groups is 1. The van der Waals surface area contributed by atoms with Crippen LogP contribution < -0.4 is 10.1 Å². The van der Waals surface area contributed by atoms with Crippen molar-refractivity contribution in [3.63, 3.8) is 0 Å². The van der Waals surface area contributed by atoms with Crippen molar-refractivity contribution < 1.29 is 19.7 Å². The van der Waals surface area contributed by atoms with Gasteiger partial charge in [-0.3, -0.25) is 10.1 Å². The lowest BCUT2D eigenvalue weighted by molar-refractivity contribution is -0.148. The molecule has 0 radical (unpaired) electrons. The Morgan fingerprint density at radius 1 is 1.48 bits per heavy atom. The average Bonchev–Trinajstić information content (AvgIpc) is 3.28. The third kappa shape index (κ3) is 3.74. The molecule has 5 heteroatoms. The highest BCUT2D eigenvalue weighted by molar-refractivity contribution is 5.80. The molecule has 1 aromatic carbocycles. The van der Waals surface area contributed by atoms with Gasteiger partial charge < -0.3 is 14.9 Å². The fourth-order valence-electron chi connectivity index (χ4n) is 2.60. The summed E-state index contributed by atoms with van der Waals surface area (Å²) in [6.07, 6.45) is 1.82. The zero-order valence-corrected chi connectivity index (χ0v) is 12.5. The van der Waals surface area contributed by atoms with E-state index in [1.54, 1.807) is 24.3 Å². The summed E-state index contributed by atoms with van der Waals surface area (Å²) in [5.41, 5.74) is -0.291. The molecule has 0 aromatic heterocycles. The molecule has 1 aliphatic carbocycles. The van der Waals surface area contributed by atoms with E-state index in [1.807, 2.05) is 13.8 Å². The molecule has 0 bridgehead atoms. The predicted molar refractivity (Wildman–Crippen MR) is 79.2 cm³/mol. The van der Waals surface area contributed by atoms with E-state index in [-0.39, 0.29) is 25.2 Å². The molecular formula is C16H23NO4. The van der Waals surface area contributed by atoms with E-state index in [0.29, 0.717) is 5.75 Å². The van der Waals surface area contributed by atoms with Crippen LogP contribution in [0.25, 0.3) is 0 Å². The molecule has 0 spiro atoms. The highest BCUT2D eigenvalue weighted by atomic mass is 16.5. The van der Waals surface area contributed by atoms with Gasteiger partial charge >= 0.3 is 5.97 Å². The number of aliphatic hydroxyl groups is 1. The third-order valence-corrected chi connectivity index (χ3v) is 3.75. The van der Waals surface area contributed by atoms with Crippen LogP contribution in [0.15, 0.2) is 24.3 Å². The van der Waals surface area contributed by atoms with E-state index >= 15 is 0 Å². The SMILES string of the molecule is CC(C)NC(COc1cccc(CO)c1)(C(=O)O)C1CC1. The Hall–Kier alpha value is -1.59. The van der Waals surface area contributed by atoms with Crippen LogP contribution in [0.2, 0.25) is 0 Å². The smallest absolute Gasteiger partial charge is 0.327 e. The van der Waals surface area contributed by atoms with E-state index in [4.69, 9.17) is 9.84 Å².